The number of oxazole rings is 1. The van der Waals surface area contributed by atoms with E-state index in [1.165, 1.54) is 0 Å². The van der Waals surface area contributed by atoms with Crippen LogP contribution >= 0.6 is 23.2 Å². The zero-order valence-electron chi connectivity index (χ0n) is 9.34. The molecule has 17 heavy (non-hydrogen) atoms. The predicted octanol–water partition coefficient (Wildman–Crippen LogP) is 3.41. The molecule has 0 amide bonds. The molecule has 0 aliphatic heterocycles. The Morgan fingerprint density at radius 3 is 2.82 bits per heavy atom. The minimum Gasteiger partial charge on any atom is -0.441 e. The van der Waals surface area contributed by atoms with E-state index in [-0.39, 0.29) is 0 Å². The van der Waals surface area contributed by atoms with E-state index in [1.54, 1.807) is 18.3 Å². The average molecular weight is 271 g/mol. The Labute approximate surface area is 110 Å². The number of aromatic nitrogens is 1. The smallest absolute Gasteiger partial charge is 0.196 e. The zero-order chi connectivity index (χ0) is 12.3. The topological polar surface area (TPSA) is 38.1 Å². The SMILES string of the molecule is CNCCc1ncc(-c2ccc(Cl)c(Cl)c2)o1. The Hall–Kier alpha value is -1.03. The summed E-state index contributed by atoms with van der Waals surface area (Å²) in [6, 6.07) is 5.37. The van der Waals surface area contributed by atoms with E-state index < -0.39 is 0 Å². The van der Waals surface area contributed by atoms with E-state index >= 15 is 0 Å². The van der Waals surface area contributed by atoms with Crippen molar-refractivity contribution in [2.45, 2.75) is 6.42 Å². The first-order valence-electron chi connectivity index (χ1n) is 5.25. The minimum atomic E-state index is 0.511. The fraction of sp³-hybridized carbons (Fsp3) is 0.250. The third kappa shape index (κ3) is 3.00. The Kier molecular flexibility index (Phi) is 4.05. The van der Waals surface area contributed by atoms with Gasteiger partial charge in [-0.3, -0.25) is 0 Å². The molecule has 0 spiro atoms. The Balaban J connectivity index is 2.21. The van der Waals surface area contributed by atoms with Crippen LogP contribution in [0.5, 0.6) is 0 Å². The third-order valence-corrected chi connectivity index (χ3v) is 3.09. The van der Waals surface area contributed by atoms with Crippen LogP contribution in [0.2, 0.25) is 10.0 Å². The van der Waals surface area contributed by atoms with E-state index in [4.69, 9.17) is 27.6 Å². The Morgan fingerprint density at radius 1 is 1.29 bits per heavy atom. The van der Waals surface area contributed by atoms with Gasteiger partial charge in [-0.15, -0.1) is 0 Å². The third-order valence-electron chi connectivity index (χ3n) is 2.35. The number of benzene rings is 1. The van der Waals surface area contributed by atoms with Gasteiger partial charge >= 0.3 is 0 Å². The predicted molar refractivity (Wildman–Crippen MR) is 69.6 cm³/mol. The van der Waals surface area contributed by atoms with Gasteiger partial charge < -0.3 is 9.73 Å². The first-order chi connectivity index (χ1) is 8.20. The fourth-order valence-electron chi connectivity index (χ4n) is 1.44. The molecule has 1 heterocycles. The van der Waals surface area contributed by atoms with Gasteiger partial charge in [0.25, 0.3) is 0 Å². The van der Waals surface area contributed by atoms with Gasteiger partial charge in [-0.2, -0.15) is 0 Å². The number of hydrogen-bond acceptors (Lipinski definition) is 3. The molecule has 0 unspecified atom stereocenters. The maximum Gasteiger partial charge on any atom is 0.196 e. The molecule has 2 rings (SSSR count). The fourth-order valence-corrected chi connectivity index (χ4v) is 1.74. The van der Waals surface area contributed by atoms with Crippen molar-refractivity contribution in [3.8, 4) is 11.3 Å². The molecule has 1 aromatic heterocycles. The monoisotopic (exact) mass is 270 g/mol. The van der Waals surface area contributed by atoms with Gasteiger partial charge in [0.2, 0.25) is 0 Å². The van der Waals surface area contributed by atoms with Crippen molar-refractivity contribution in [3.63, 3.8) is 0 Å². The second-order valence-electron chi connectivity index (χ2n) is 3.60. The van der Waals surface area contributed by atoms with Crippen LogP contribution in [0.4, 0.5) is 0 Å². The summed E-state index contributed by atoms with van der Waals surface area (Å²) in [5, 5.41) is 4.09. The lowest BCUT2D eigenvalue weighted by atomic mass is 10.2. The Morgan fingerprint density at radius 2 is 2.12 bits per heavy atom. The highest BCUT2D eigenvalue weighted by atomic mass is 35.5. The van der Waals surface area contributed by atoms with E-state index in [9.17, 15) is 0 Å². The summed E-state index contributed by atoms with van der Waals surface area (Å²) in [6.07, 6.45) is 2.46. The molecule has 0 atom stereocenters. The van der Waals surface area contributed by atoms with Crippen molar-refractivity contribution in [2.75, 3.05) is 13.6 Å². The van der Waals surface area contributed by atoms with Crippen molar-refractivity contribution >= 4 is 23.2 Å². The lowest BCUT2D eigenvalue weighted by Gasteiger charge is -1.99. The highest BCUT2D eigenvalue weighted by Crippen LogP contribution is 2.28. The van der Waals surface area contributed by atoms with Gasteiger partial charge in [0.05, 0.1) is 16.2 Å². The first-order valence-corrected chi connectivity index (χ1v) is 6.01. The summed E-state index contributed by atoms with van der Waals surface area (Å²) in [5.41, 5.74) is 0.877. The second-order valence-corrected chi connectivity index (χ2v) is 4.42. The highest BCUT2D eigenvalue weighted by Gasteiger charge is 2.07. The summed E-state index contributed by atoms with van der Waals surface area (Å²) in [6.45, 7) is 0.835. The number of hydrogen-bond donors (Lipinski definition) is 1. The van der Waals surface area contributed by atoms with Crippen molar-refractivity contribution in [1.82, 2.24) is 10.3 Å². The maximum absolute atomic E-state index is 5.95. The number of likely N-dealkylation sites (N-methyl/N-ethyl adjacent to an activating group) is 1. The molecule has 0 aliphatic carbocycles. The van der Waals surface area contributed by atoms with Crippen LogP contribution in [-0.4, -0.2) is 18.6 Å². The van der Waals surface area contributed by atoms with Crippen molar-refractivity contribution in [1.29, 1.82) is 0 Å². The molecule has 1 N–H and O–H groups in total. The van der Waals surface area contributed by atoms with Gasteiger partial charge in [0.1, 0.15) is 0 Å². The van der Waals surface area contributed by atoms with Gasteiger partial charge in [-0.05, 0) is 25.2 Å². The molecule has 2 aromatic rings. The maximum atomic E-state index is 5.95. The molecule has 0 saturated carbocycles. The molecule has 90 valence electrons. The number of rotatable bonds is 4. The van der Waals surface area contributed by atoms with E-state index in [0.717, 1.165) is 18.5 Å². The largest absolute Gasteiger partial charge is 0.441 e. The molecule has 1 aromatic carbocycles. The molecule has 0 saturated heterocycles. The lowest BCUT2D eigenvalue weighted by molar-refractivity contribution is 0.501. The zero-order valence-corrected chi connectivity index (χ0v) is 10.8. The minimum absolute atomic E-state index is 0.511. The quantitative estimate of drug-likeness (QED) is 0.926. The van der Waals surface area contributed by atoms with Gasteiger partial charge in [-0.1, -0.05) is 23.2 Å². The Bertz CT molecular complexity index is 511. The van der Waals surface area contributed by atoms with Crippen molar-refractivity contribution < 1.29 is 4.42 Å². The lowest BCUT2D eigenvalue weighted by Crippen LogP contribution is -2.10. The summed E-state index contributed by atoms with van der Waals surface area (Å²) >= 11 is 11.8. The molecule has 0 bridgehead atoms. The van der Waals surface area contributed by atoms with Gasteiger partial charge in [0, 0.05) is 18.5 Å². The van der Waals surface area contributed by atoms with Crippen LogP contribution in [-0.2, 0) is 6.42 Å². The first kappa shape index (κ1) is 12.4. The number of nitrogens with one attached hydrogen (secondary N) is 1. The number of nitrogens with zero attached hydrogens (tertiary/aromatic N) is 1. The standard InChI is InChI=1S/C12H12Cl2N2O/c1-15-5-4-12-16-7-11(17-12)8-2-3-9(13)10(14)6-8/h2-3,6-7,15H,4-5H2,1H3. The highest BCUT2D eigenvalue weighted by molar-refractivity contribution is 6.42. The normalized spacial score (nSPS) is 10.8. The average Bonchev–Trinajstić information content (AvgIpc) is 2.79. The van der Waals surface area contributed by atoms with Crippen molar-refractivity contribution in [2.24, 2.45) is 0 Å². The summed E-state index contributed by atoms with van der Waals surface area (Å²) in [4.78, 5) is 4.20. The van der Waals surface area contributed by atoms with Crippen LogP contribution in [0.15, 0.2) is 28.8 Å². The second kappa shape index (κ2) is 5.54. The molecule has 0 radical (unpaired) electrons. The van der Waals surface area contributed by atoms with Crippen LogP contribution in [0.3, 0.4) is 0 Å². The van der Waals surface area contributed by atoms with Gasteiger partial charge in [-0.25, -0.2) is 4.98 Å². The molecule has 3 nitrogen and oxygen atoms in total. The van der Waals surface area contributed by atoms with Crippen LogP contribution < -0.4 is 5.32 Å². The molecule has 5 heteroatoms. The van der Waals surface area contributed by atoms with Crippen molar-refractivity contribution in [3.05, 3.63) is 40.3 Å². The van der Waals surface area contributed by atoms with E-state index in [2.05, 4.69) is 10.3 Å². The molecular weight excluding hydrogens is 259 g/mol. The molecular formula is C12H12Cl2N2O. The molecule has 0 aliphatic rings. The van der Waals surface area contributed by atoms with Crippen LogP contribution in [0, 0.1) is 0 Å². The van der Waals surface area contributed by atoms with Crippen LogP contribution in [0.25, 0.3) is 11.3 Å². The summed E-state index contributed by atoms with van der Waals surface area (Å²) in [7, 11) is 1.89. The summed E-state index contributed by atoms with van der Waals surface area (Å²) < 4.78 is 5.61. The van der Waals surface area contributed by atoms with E-state index in [1.807, 2.05) is 13.1 Å². The number of halogens is 2. The van der Waals surface area contributed by atoms with Crippen LogP contribution in [0.1, 0.15) is 5.89 Å². The summed E-state index contributed by atoms with van der Waals surface area (Å²) in [5.74, 6) is 1.41. The van der Waals surface area contributed by atoms with Gasteiger partial charge in [0.15, 0.2) is 11.7 Å². The molecule has 0 fully saturated rings. The van der Waals surface area contributed by atoms with E-state index in [0.29, 0.717) is 21.7 Å².